The number of carbonyl (C=O) groups is 5. The molecule has 5 amide bonds. The Morgan fingerprint density at radius 3 is 2.35 bits per heavy atom. The standard InChI is InChI=1S/C41H44FN7O6/c1-47-23-39(52)49-22-28(46-37(50)17-26-21-45-34-10-6-4-8-31(26)34)19-29(49)24-55-36-13-11-27(42)18-32(36)41(54)48(2)35(12-14-38(47)51)40(53)43-16-15-25-20-44-33-9-5-3-7-30(25)33/h3-11,13,18,20-21,28-29,35,44-45H,12,14-17,19,22-24H2,1-2H3,(H,43,53)(H,46,50)/t28-,29-,35-/m0/s1. The third kappa shape index (κ3) is 8.17. The zero-order valence-corrected chi connectivity index (χ0v) is 30.8. The number of amides is 5. The van der Waals surface area contributed by atoms with Crippen LogP contribution in [-0.2, 0) is 32.0 Å². The van der Waals surface area contributed by atoms with Crippen molar-refractivity contribution in [3.05, 3.63) is 102 Å². The Morgan fingerprint density at radius 2 is 1.60 bits per heavy atom. The van der Waals surface area contributed by atoms with Gasteiger partial charge in [-0.1, -0.05) is 36.4 Å². The number of para-hydroxylation sites is 2. The molecule has 286 valence electrons. The van der Waals surface area contributed by atoms with Crippen LogP contribution in [0.4, 0.5) is 4.39 Å². The minimum Gasteiger partial charge on any atom is -0.491 e. The molecule has 0 bridgehead atoms. The molecule has 4 heterocycles. The van der Waals surface area contributed by atoms with Crippen LogP contribution >= 0.6 is 0 Å². The Hall–Kier alpha value is -6.18. The molecule has 13 nitrogen and oxygen atoms in total. The summed E-state index contributed by atoms with van der Waals surface area (Å²) < 4.78 is 20.9. The van der Waals surface area contributed by atoms with E-state index in [0.29, 0.717) is 12.8 Å². The van der Waals surface area contributed by atoms with Crippen LogP contribution in [0.25, 0.3) is 21.8 Å². The molecule has 0 saturated carbocycles. The molecule has 2 aliphatic heterocycles. The number of hydrogen-bond acceptors (Lipinski definition) is 6. The first kappa shape index (κ1) is 37.1. The van der Waals surface area contributed by atoms with Crippen LogP contribution in [0, 0.1) is 5.82 Å². The molecule has 5 aromatic rings. The molecule has 3 aromatic carbocycles. The molecule has 2 aliphatic rings. The lowest BCUT2D eigenvalue weighted by molar-refractivity contribution is -0.140. The average Bonchev–Trinajstić information content (AvgIpc) is 3.90. The van der Waals surface area contributed by atoms with Crippen molar-refractivity contribution in [1.82, 2.24) is 35.3 Å². The summed E-state index contributed by atoms with van der Waals surface area (Å²) in [6.45, 7) is 0.166. The number of benzene rings is 3. The number of aromatic amines is 2. The average molecular weight is 750 g/mol. The maximum absolute atomic E-state index is 14.7. The molecule has 14 heteroatoms. The largest absolute Gasteiger partial charge is 0.491 e. The van der Waals surface area contributed by atoms with E-state index in [0.717, 1.165) is 39.0 Å². The predicted molar refractivity (Wildman–Crippen MR) is 204 cm³/mol. The first-order valence-electron chi connectivity index (χ1n) is 18.5. The van der Waals surface area contributed by atoms with E-state index < -0.39 is 35.8 Å². The van der Waals surface area contributed by atoms with Crippen LogP contribution in [0.1, 0.15) is 40.7 Å². The second-order valence-corrected chi connectivity index (χ2v) is 14.3. The number of hydrogen-bond donors (Lipinski definition) is 4. The summed E-state index contributed by atoms with van der Waals surface area (Å²) in [6, 6.07) is 17.1. The Morgan fingerprint density at radius 1 is 0.909 bits per heavy atom. The molecule has 0 unspecified atom stereocenters. The van der Waals surface area contributed by atoms with Crippen LogP contribution in [0.15, 0.2) is 79.1 Å². The zero-order valence-electron chi connectivity index (χ0n) is 30.8. The van der Waals surface area contributed by atoms with Crippen molar-refractivity contribution < 1.29 is 33.1 Å². The zero-order chi connectivity index (χ0) is 38.6. The van der Waals surface area contributed by atoms with Crippen LogP contribution in [-0.4, -0.2) is 113 Å². The third-order valence-electron chi connectivity index (χ3n) is 10.6. The number of halogens is 1. The molecule has 0 radical (unpaired) electrons. The summed E-state index contributed by atoms with van der Waals surface area (Å²) in [6.07, 6.45) is 4.56. The topological polar surface area (TPSA) is 160 Å². The maximum Gasteiger partial charge on any atom is 0.258 e. The van der Waals surface area contributed by atoms with Gasteiger partial charge in [0.2, 0.25) is 23.6 Å². The Bertz CT molecular complexity index is 2250. The first-order chi connectivity index (χ1) is 26.5. The van der Waals surface area contributed by atoms with Gasteiger partial charge < -0.3 is 40.0 Å². The molecule has 1 fully saturated rings. The normalized spacial score (nSPS) is 19.8. The van der Waals surface area contributed by atoms with Gasteiger partial charge in [0.15, 0.2) is 0 Å². The fourth-order valence-corrected chi connectivity index (χ4v) is 7.64. The van der Waals surface area contributed by atoms with Gasteiger partial charge in [-0.05, 0) is 60.7 Å². The van der Waals surface area contributed by atoms with Crippen LogP contribution in [0.5, 0.6) is 5.75 Å². The molecular weight excluding hydrogens is 705 g/mol. The highest BCUT2D eigenvalue weighted by Gasteiger charge is 2.38. The van der Waals surface area contributed by atoms with Gasteiger partial charge in [-0.15, -0.1) is 0 Å². The highest BCUT2D eigenvalue weighted by atomic mass is 19.1. The van der Waals surface area contributed by atoms with E-state index in [-0.39, 0.29) is 74.5 Å². The van der Waals surface area contributed by atoms with Crippen LogP contribution in [0.2, 0.25) is 0 Å². The SMILES string of the molecule is CN1CC(=O)N2C[C@@H](NC(=O)Cc3c[nH]c4ccccc34)C[C@H]2COc2ccc(F)cc2C(=O)N(C)[C@H](C(=O)NCCc2c[nH]c3ccccc23)CCC1=O. The lowest BCUT2D eigenvalue weighted by Gasteiger charge is -2.28. The van der Waals surface area contributed by atoms with E-state index in [4.69, 9.17) is 4.74 Å². The van der Waals surface area contributed by atoms with Crippen molar-refractivity contribution in [2.24, 2.45) is 0 Å². The van der Waals surface area contributed by atoms with Crippen molar-refractivity contribution >= 4 is 51.3 Å². The Balaban J connectivity index is 1.07. The fourth-order valence-electron chi connectivity index (χ4n) is 7.64. The molecule has 55 heavy (non-hydrogen) atoms. The number of ether oxygens (including phenoxy) is 1. The molecule has 4 N–H and O–H groups in total. The van der Waals surface area contributed by atoms with Gasteiger partial charge in [0.1, 0.15) is 24.2 Å². The van der Waals surface area contributed by atoms with Gasteiger partial charge in [0.05, 0.1) is 24.6 Å². The maximum atomic E-state index is 14.7. The fraction of sp³-hybridized carbons (Fsp3) is 0.341. The van der Waals surface area contributed by atoms with Crippen molar-refractivity contribution in [1.29, 1.82) is 0 Å². The Kier molecular flexibility index (Phi) is 10.8. The summed E-state index contributed by atoms with van der Waals surface area (Å²) in [5, 5.41) is 7.97. The van der Waals surface area contributed by atoms with Gasteiger partial charge in [-0.3, -0.25) is 24.0 Å². The monoisotopic (exact) mass is 749 g/mol. The lowest BCUT2D eigenvalue weighted by atomic mass is 10.1. The van der Waals surface area contributed by atoms with Crippen LogP contribution < -0.4 is 15.4 Å². The smallest absolute Gasteiger partial charge is 0.258 e. The number of fused-ring (bicyclic) bond motifs is 4. The van der Waals surface area contributed by atoms with Gasteiger partial charge in [-0.25, -0.2) is 4.39 Å². The van der Waals surface area contributed by atoms with E-state index in [2.05, 4.69) is 20.6 Å². The third-order valence-corrected chi connectivity index (χ3v) is 10.6. The van der Waals surface area contributed by atoms with Gasteiger partial charge in [0.25, 0.3) is 5.91 Å². The van der Waals surface area contributed by atoms with E-state index in [1.165, 1.54) is 36.0 Å². The second-order valence-electron chi connectivity index (χ2n) is 14.3. The van der Waals surface area contributed by atoms with E-state index >= 15 is 0 Å². The number of H-pyrrole nitrogens is 2. The lowest BCUT2D eigenvalue weighted by Crippen LogP contribution is -2.49. The second kappa shape index (κ2) is 16.0. The number of nitrogens with zero attached hydrogens (tertiary/aromatic N) is 3. The molecule has 0 spiro atoms. The number of rotatable bonds is 7. The summed E-state index contributed by atoms with van der Waals surface area (Å²) >= 11 is 0. The molecule has 1 saturated heterocycles. The van der Waals surface area contributed by atoms with E-state index in [1.54, 1.807) is 4.90 Å². The quantitative estimate of drug-likeness (QED) is 0.199. The van der Waals surface area contributed by atoms with Gasteiger partial charge in [-0.2, -0.15) is 0 Å². The molecule has 3 atom stereocenters. The van der Waals surface area contributed by atoms with Crippen molar-refractivity contribution in [2.45, 2.75) is 50.2 Å². The minimum absolute atomic E-state index is 0.0408. The predicted octanol–water partition coefficient (Wildman–Crippen LogP) is 3.55. The Labute approximate surface area is 317 Å². The number of aromatic nitrogens is 2. The van der Waals surface area contributed by atoms with Gasteiger partial charge in [0, 0.05) is 73.8 Å². The van der Waals surface area contributed by atoms with E-state index in [1.807, 2.05) is 60.9 Å². The summed E-state index contributed by atoms with van der Waals surface area (Å²) in [5.74, 6) is -2.65. The van der Waals surface area contributed by atoms with E-state index in [9.17, 15) is 28.4 Å². The minimum atomic E-state index is -1.08. The molecule has 2 aromatic heterocycles. The molecule has 0 aliphatic carbocycles. The number of nitrogens with one attached hydrogen (secondary N) is 4. The summed E-state index contributed by atoms with van der Waals surface area (Å²) in [7, 11) is 2.96. The highest BCUT2D eigenvalue weighted by Crippen LogP contribution is 2.27. The van der Waals surface area contributed by atoms with Crippen molar-refractivity contribution in [3.8, 4) is 5.75 Å². The van der Waals surface area contributed by atoms with Gasteiger partial charge >= 0.3 is 0 Å². The molecule has 7 rings (SSSR count). The van der Waals surface area contributed by atoms with Crippen molar-refractivity contribution in [2.75, 3.05) is 40.3 Å². The summed E-state index contributed by atoms with van der Waals surface area (Å²) in [5.41, 5.74) is 3.68. The highest BCUT2D eigenvalue weighted by molar-refractivity contribution is 6.00. The van der Waals surface area contributed by atoms with Crippen molar-refractivity contribution in [3.63, 3.8) is 0 Å². The molecular formula is C41H44FN7O6. The number of carbonyl (C=O) groups excluding carboxylic acids is 5. The number of likely N-dealkylation sites (N-methyl/N-ethyl adjacent to an activating group) is 2. The first-order valence-corrected chi connectivity index (χ1v) is 18.5. The summed E-state index contributed by atoms with van der Waals surface area (Å²) in [4.78, 5) is 78.7. The van der Waals surface area contributed by atoms with Crippen LogP contribution in [0.3, 0.4) is 0 Å².